The Kier molecular flexibility index (Phi) is 10.4. The summed E-state index contributed by atoms with van der Waals surface area (Å²) < 4.78 is 11.9. The molecule has 0 radical (unpaired) electrons. The van der Waals surface area contributed by atoms with Crippen LogP contribution in [0.2, 0.25) is 0 Å². The number of furan rings is 1. The zero-order chi connectivity index (χ0) is 22.0. The van der Waals surface area contributed by atoms with E-state index in [4.69, 9.17) is 9.15 Å². The molecular formula is C23H39NO5. The van der Waals surface area contributed by atoms with Gasteiger partial charge in [0, 0.05) is 31.7 Å². The minimum Gasteiger partial charge on any atom is -0.550 e. The van der Waals surface area contributed by atoms with Gasteiger partial charge >= 0.3 is 5.97 Å². The molecule has 0 aliphatic heterocycles. The van der Waals surface area contributed by atoms with Crippen molar-refractivity contribution < 1.29 is 28.3 Å². The molecule has 1 rings (SSSR count). The van der Waals surface area contributed by atoms with Crippen molar-refractivity contribution in [3.63, 3.8) is 0 Å². The lowest BCUT2D eigenvalue weighted by molar-refractivity contribution is -0.873. The van der Waals surface area contributed by atoms with Crippen molar-refractivity contribution in [1.82, 2.24) is 0 Å². The van der Waals surface area contributed by atoms with Gasteiger partial charge in [-0.05, 0) is 44.2 Å². The number of likely N-dealkylation sites (N-methyl/N-ethyl adjacent to an activating group) is 1. The second kappa shape index (κ2) is 12.0. The van der Waals surface area contributed by atoms with E-state index in [-0.39, 0.29) is 12.4 Å². The topological polar surface area (TPSA) is 79.6 Å². The molecule has 6 heteroatoms. The van der Waals surface area contributed by atoms with Crippen molar-refractivity contribution in [2.45, 2.75) is 84.7 Å². The number of carboxylic acid groups (broad SMARTS) is 1. The van der Waals surface area contributed by atoms with Gasteiger partial charge in [0.15, 0.2) is 6.10 Å². The molecule has 0 bridgehead atoms. The lowest BCUT2D eigenvalue weighted by Crippen LogP contribution is -2.45. The summed E-state index contributed by atoms with van der Waals surface area (Å²) >= 11 is 0. The van der Waals surface area contributed by atoms with E-state index in [2.05, 4.69) is 20.8 Å². The Morgan fingerprint density at radius 1 is 1.00 bits per heavy atom. The molecule has 1 heterocycles. The number of carboxylic acids is 1. The summed E-state index contributed by atoms with van der Waals surface area (Å²) in [5.74, 6) is 0.687. The molecule has 29 heavy (non-hydrogen) atoms. The molecule has 0 spiro atoms. The number of esters is 1. The van der Waals surface area contributed by atoms with Crippen LogP contribution < -0.4 is 5.11 Å². The van der Waals surface area contributed by atoms with Crippen molar-refractivity contribution in [3.8, 4) is 0 Å². The maximum absolute atomic E-state index is 12.1. The SMILES string of the molecule is CCCc1oc(CCCCCCC(=O)OC(CC(=O)[O-])C[N+](C)(C)C)c(C)c1C. The normalized spacial score (nSPS) is 12.8. The number of aryl methyl sites for hydroxylation is 2. The molecule has 1 aromatic heterocycles. The Bertz CT molecular complexity index is 657. The summed E-state index contributed by atoms with van der Waals surface area (Å²) in [7, 11) is 5.80. The fourth-order valence-corrected chi connectivity index (χ4v) is 3.52. The molecule has 0 N–H and O–H groups in total. The van der Waals surface area contributed by atoms with Gasteiger partial charge in [0.2, 0.25) is 0 Å². The fraction of sp³-hybridized carbons (Fsp3) is 0.739. The predicted molar refractivity (Wildman–Crippen MR) is 111 cm³/mol. The first-order chi connectivity index (χ1) is 13.5. The Labute approximate surface area is 175 Å². The standard InChI is InChI=1S/C23H39NO5/c1-7-12-20-17(2)18(3)21(29-20)13-10-8-9-11-14-23(27)28-19(15-22(25)26)16-24(4,5)6/h19H,7-16H2,1-6H3. The number of nitrogens with zero attached hydrogens (tertiary/aromatic N) is 1. The Hall–Kier alpha value is -1.82. The van der Waals surface area contributed by atoms with Gasteiger partial charge < -0.3 is 23.5 Å². The molecule has 1 atom stereocenters. The molecule has 166 valence electrons. The van der Waals surface area contributed by atoms with Crippen LogP contribution in [0.25, 0.3) is 0 Å². The molecule has 0 aromatic carbocycles. The smallest absolute Gasteiger partial charge is 0.306 e. The van der Waals surface area contributed by atoms with Crippen molar-refractivity contribution >= 4 is 11.9 Å². The van der Waals surface area contributed by atoms with E-state index in [1.807, 2.05) is 21.1 Å². The number of carbonyl (C=O) groups is 2. The van der Waals surface area contributed by atoms with Gasteiger partial charge in [-0.15, -0.1) is 0 Å². The first-order valence-corrected chi connectivity index (χ1v) is 10.8. The molecular weight excluding hydrogens is 370 g/mol. The van der Waals surface area contributed by atoms with Crippen molar-refractivity contribution in [1.29, 1.82) is 0 Å². The second-order valence-electron chi connectivity index (χ2n) is 9.02. The van der Waals surface area contributed by atoms with Crippen molar-refractivity contribution in [2.24, 2.45) is 0 Å². The van der Waals surface area contributed by atoms with Crippen molar-refractivity contribution in [3.05, 3.63) is 22.6 Å². The van der Waals surface area contributed by atoms with Crippen LogP contribution in [0.1, 0.15) is 74.5 Å². The van der Waals surface area contributed by atoms with E-state index < -0.39 is 12.1 Å². The third-order valence-electron chi connectivity index (χ3n) is 5.10. The zero-order valence-electron chi connectivity index (χ0n) is 19.1. The van der Waals surface area contributed by atoms with Crippen LogP contribution >= 0.6 is 0 Å². The van der Waals surface area contributed by atoms with Crippen LogP contribution in [0, 0.1) is 13.8 Å². The van der Waals surface area contributed by atoms with Gasteiger partial charge in [0.05, 0.1) is 21.1 Å². The Morgan fingerprint density at radius 3 is 2.14 bits per heavy atom. The summed E-state index contributed by atoms with van der Waals surface area (Å²) in [5.41, 5.74) is 2.55. The van der Waals surface area contributed by atoms with E-state index in [0.29, 0.717) is 17.4 Å². The maximum Gasteiger partial charge on any atom is 0.306 e. The summed E-state index contributed by atoms with van der Waals surface area (Å²) in [6.07, 6.45) is 6.16. The van der Waals surface area contributed by atoms with Crippen LogP contribution in [0.3, 0.4) is 0 Å². The lowest BCUT2D eigenvalue weighted by atomic mass is 10.1. The quantitative estimate of drug-likeness (QED) is 0.268. The number of carbonyl (C=O) groups excluding carboxylic acids is 2. The van der Waals surface area contributed by atoms with Gasteiger partial charge in [-0.3, -0.25) is 4.79 Å². The number of aliphatic carboxylic acids is 1. The molecule has 0 aliphatic rings. The molecule has 0 aliphatic carbocycles. The third-order valence-corrected chi connectivity index (χ3v) is 5.10. The van der Waals surface area contributed by atoms with Gasteiger partial charge in [-0.2, -0.15) is 0 Å². The maximum atomic E-state index is 12.1. The predicted octanol–water partition coefficient (Wildman–Crippen LogP) is 3.10. The average Bonchev–Trinajstić information content (AvgIpc) is 2.84. The molecule has 1 aromatic rings. The van der Waals surface area contributed by atoms with Gasteiger partial charge in [0.25, 0.3) is 0 Å². The van der Waals surface area contributed by atoms with E-state index in [9.17, 15) is 14.7 Å². The highest BCUT2D eigenvalue weighted by Crippen LogP contribution is 2.24. The number of rotatable bonds is 14. The van der Waals surface area contributed by atoms with Crippen LogP contribution in [0.5, 0.6) is 0 Å². The monoisotopic (exact) mass is 409 g/mol. The first kappa shape index (κ1) is 25.2. The van der Waals surface area contributed by atoms with Gasteiger partial charge in [0.1, 0.15) is 18.1 Å². The lowest BCUT2D eigenvalue weighted by Gasteiger charge is -2.29. The molecule has 0 fully saturated rings. The van der Waals surface area contributed by atoms with E-state index >= 15 is 0 Å². The van der Waals surface area contributed by atoms with Crippen LogP contribution in [0.4, 0.5) is 0 Å². The molecule has 0 saturated heterocycles. The summed E-state index contributed by atoms with van der Waals surface area (Å²) in [5, 5.41) is 10.9. The van der Waals surface area contributed by atoms with E-state index in [1.165, 1.54) is 11.1 Å². The van der Waals surface area contributed by atoms with Crippen LogP contribution in [-0.2, 0) is 27.2 Å². The number of quaternary nitrogens is 1. The Morgan fingerprint density at radius 2 is 1.59 bits per heavy atom. The molecule has 0 amide bonds. The first-order valence-electron chi connectivity index (χ1n) is 10.8. The highest BCUT2D eigenvalue weighted by molar-refractivity contribution is 5.70. The third kappa shape index (κ3) is 9.97. The molecule has 6 nitrogen and oxygen atoms in total. The summed E-state index contributed by atoms with van der Waals surface area (Å²) in [4.78, 5) is 23.0. The largest absolute Gasteiger partial charge is 0.550 e. The van der Waals surface area contributed by atoms with Crippen LogP contribution in [-0.4, -0.2) is 50.2 Å². The Balaban J connectivity index is 2.30. The minimum atomic E-state index is -1.19. The summed E-state index contributed by atoms with van der Waals surface area (Å²) in [6.45, 7) is 6.86. The number of ether oxygens (including phenoxy) is 1. The number of unbranched alkanes of at least 4 members (excludes halogenated alkanes) is 3. The van der Waals surface area contributed by atoms with Gasteiger partial charge in [-0.25, -0.2) is 0 Å². The highest BCUT2D eigenvalue weighted by atomic mass is 16.5. The van der Waals surface area contributed by atoms with E-state index in [1.54, 1.807) is 0 Å². The highest BCUT2D eigenvalue weighted by Gasteiger charge is 2.22. The second-order valence-corrected chi connectivity index (χ2v) is 9.02. The molecule has 0 saturated carbocycles. The number of hydrogen-bond donors (Lipinski definition) is 0. The fourth-order valence-electron chi connectivity index (χ4n) is 3.52. The summed E-state index contributed by atoms with van der Waals surface area (Å²) in [6, 6.07) is 0. The zero-order valence-corrected chi connectivity index (χ0v) is 19.1. The van der Waals surface area contributed by atoms with Crippen molar-refractivity contribution in [2.75, 3.05) is 27.7 Å². The van der Waals surface area contributed by atoms with E-state index in [0.717, 1.165) is 56.5 Å². The van der Waals surface area contributed by atoms with Gasteiger partial charge in [-0.1, -0.05) is 19.8 Å². The molecule has 1 unspecified atom stereocenters. The minimum absolute atomic E-state index is 0.261. The van der Waals surface area contributed by atoms with Crippen LogP contribution in [0.15, 0.2) is 4.42 Å². The average molecular weight is 410 g/mol. The number of hydrogen-bond acceptors (Lipinski definition) is 5.